The molecule has 3 heteroatoms. The highest BCUT2D eigenvalue weighted by Gasteiger charge is 2.17. The third-order valence-corrected chi connectivity index (χ3v) is 2.58. The van der Waals surface area contributed by atoms with Gasteiger partial charge in [0, 0.05) is 17.8 Å². The van der Waals surface area contributed by atoms with E-state index in [2.05, 4.69) is 13.8 Å². The second-order valence-corrected chi connectivity index (χ2v) is 3.93. The molecule has 0 aromatic carbocycles. The third kappa shape index (κ3) is 6.87. The summed E-state index contributed by atoms with van der Waals surface area (Å²) in [6.45, 7) is 4.23. The normalized spacial score (nSPS) is 12.7. The molecule has 14 heavy (non-hydrogen) atoms. The standard InChI is InChI=1S/C11H23NO2/c1-3-5-7-8-10-11(12(13)14)9-6-4-2/h11H,3-10H2,1-2H3. The van der Waals surface area contributed by atoms with Crippen LogP contribution in [0.1, 0.15) is 65.2 Å². The molecule has 84 valence electrons. The Morgan fingerprint density at radius 3 is 2.07 bits per heavy atom. The molecule has 0 amide bonds. The average Bonchev–Trinajstić information content (AvgIpc) is 2.16. The van der Waals surface area contributed by atoms with Crippen molar-refractivity contribution in [3.8, 4) is 0 Å². The highest BCUT2D eigenvalue weighted by Crippen LogP contribution is 2.13. The molecule has 0 spiro atoms. The molecule has 0 saturated heterocycles. The van der Waals surface area contributed by atoms with Crippen LogP contribution in [0.4, 0.5) is 0 Å². The molecule has 0 radical (unpaired) electrons. The van der Waals surface area contributed by atoms with Crippen LogP contribution in [0.25, 0.3) is 0 Å². The predicted octanol–water partition coefficient (Wildman–Crippen LogP) is 3.79. The van der Waals surface area contributed by atoms with E-state index in [1.165, 1.54) is 12.8 Å². The first-order valence-electron chi connectivity index (χ1n) is 5.85. The fourth-order valence-electron chi connectivity index (χ4n) is 1.60. The molecule has 0 heterocycles. The fraction of sp³-hybridized carbons (Fsp3) is 1.00. The first-order chi connectivity index (χ1) is 6.72. The summed E-state index contributed by atoms with van der Waals surface area (Å²) < 4.78 is 0. The van der Waals surface area contributed by atoms with Gasteiger partial charge in [-0.3, -0.25) is 10.1 Å². The Kier molecular flexibility index (Phi) is 8.59. The van der Waals surface area contributed by atoms with Gasteiger partial charge in [0.15, 0.2) is 0 Å². The number of unbranched alkanes of at least 4 members (excludes halogenated alkanes) is 4. The van der Waals surface area contributed by atoms with Crippen molar-refractivity contribution < 1.29 is 4.92 Å². The van der Waals surface area contributed by atoms with Gasteiger partial charge in [0.05, 0.1) is 0 Å². The van der Waals surface area contributed by atoms with Gasteiger partial charge in [-0.05, 0) is 12.8 Å². The smallest absolute Gasteiger partial charge is 0.213 e. The first-order valence-corrected chi connectivity index (χ1v) is 5.85. The zero-order chi connectivity index (χ0) is 10.8. The first kappa shape index (κ1) is 13.4. The van der Waals surface area contributed by atoms with Gasteiger partial charge in [0.1, 0.15) is 0 Å². The summed E-state index contributed by atoms with van der Waals surface area (Å²) in [6, 6.07) is -0.285. The van der Waals surface area contributed by atoms with Crippen LogP contribution in [-0.4, -0.2) is 11.0 Å². The molecule has 0 aromatic rings. The van der Waals surface area contributed by atoms with Gasteiger partial charge < -0.3 is 0 Å². The van der Waals surface area contributed by atoms with E-state index < -0.39 is 0 Å². The van der Waals surface area contributed by atoms with Crippen molar-refractivity contribution in [1.29, 1.82) is 0 Å². The molecule has 3 nitrogen and oxygen atoms in total. The second kappa shape index (κ2) is 8.97. The van der Waals surface area contributed by atoms with Gasteiger partial charge in [0.2, 0.25) is 6.04 Å². The largest absolute Gasteiger partial charge is 0.264 e. The maximum absolute atomic E-state index is 10.7. The Morgan fingerprint density at radius 2 is 1.57 bits per heavy atom. The van der Waals surface area contributed by atoms with E-state index in [0.29, 0.717) is 0 Å². The van der Waals surface area contributed by atoms with Gasteiger partial charge in [-0.15, -0.1) is 0 Å². The minimum atomic E-state index is -0.285. The topological polar surface area (TPSA) is 43.1 Å². The van der Waals surface area contributed by atoms with Crippen molar-refractivity contribution in [2.75, 3.05) is 0 Å². The van der Waals surface area contributed by atoms with E-state index in [1.54, 1.807) is 0 Å². The maximum Gasteiger partial charge on any atom is 0.213 e. The molecule has 0 aliphatic rings. The summed E-state index contributed by atoms with van der Waals surface area (Å²) in [5.41, 5.74) is 0. The van der Waals surface area contributed by atoms with Crippen LogP contribution in [0, 0.1) is 10.1 Å². The lowest BCUT2D eigenvalue weighted by atomic mass is 10.0. The number of nitro groups is 1. The summed E-state index contributed by atoms with van der Waals surface area (Å²) in [5, 5.41) is 10.7. The van der Waals surface area contributed by atoms with E-state index in [0.717, 1.165) is 38.5 Å². The lowest BCUT2D eigenvalue weighted by molar-refractivity contribution is -0.524. The Morgan fingerprint density at radius 1 is 1.00 bits per heavy atom. The summed E-state index contributed by atoms with van der Waals surface area (Å²) in [4.78, 5) is 10.6. The Balaban J connectivity index is 3.57. The zero-order valence-corrected chi connectivity index (χ0v) is 9.50. The Labute approximate surface area is 87.0 Å². The fourth-order valence-corrected chi connectivity index (χ4v) is 1.60. The maximum atomic E-state index is 10.7. The zero-order valence-electron chi connectivity index (χ0n) is 9.50. The van der Waals surface area contributed by atoms with Gasteiger partial charge in [0.25, 0.3) is 0 Å². The Bertz CT molecular complexity index is 148. The SMILES string of the molecule is CCCCCCC(CCCC)[N+](=O)[O-]. The van der Waals surface area contributed by atoms with Gasteiger partial charge in [-0.25, -0.2) is 0 Å². The van der Waals surface area contributed by atoms with E-state index in [-0.39, 0.29) is 11.0 Å². The summed E-state index contributed by atoms with van der Waals surface area (Å²) in [6.07, 6.45) is 8.13. The summed E-state index contributed by atoms with van der Waals surface area (Å²) in [7, 11) is 0. The molecule has 0 fully saturated rings. The van der Waals surface area contributed by atoms with Crippen molar-refractivity contribution in [3.05, 3.63) is 10.1 Å². The molecule has 0 saturated carbocycles. The van der Waals surface area contributed by atoms with Crippen LogP contribution >= 0.6 is 0 Å². The summed E-state index contributed by atoms with van der Waals surface area (Å²) >= 11 is 0. The van der Waals surface area contributed by atoms with Crippen LogP contribution in [0.3, 0.4) is 0 Å². The monoisotopic (exact) mass is 201 g/mol. The lowest BCUT2D eigenvalue weighted by Crippen LogP contribution is -2.19. The van der Waals surface area contributed by atoms with Crippen LogP contribution in [0.15, 0.2) is 0 Å². The summed E-state index contributed by atoms with van der Waals surface area (Å²) in [5.74, 6) is 0. The molecule has 0 aromatic heterocycles. The Hall–Kier alpha value is -0.600. The van der Waals surface area contributed by atoms with Crippen LogP contribution in [-0.2, 0) is 0 Å². The average molecular weight is 201 g/mol. The van der Waals surface area contributed by atoms with Gasteiger partial charge in [-0.2, -0.15) is 0 Å². The van der Waals surface area contributed by atoms with Crippen molar-refractivity contribution in [3.63, 3.8) is 0 Å². The number of hydrogen-bond acceptors (Lipinski definition) is 2. The molecule has 0 bridgehead atoms. The molecule has 1 unspecified atom stereocenters. The molecule has 0 rings (SSSR count). The number of hydrogen-bond donors (Lipinski definition) is 0. The number of rotatable bonds is 9. The lowest BCUT2D eigenvalue weighted by Gasteiger charge is -2.08. The molecule has 0 N–H and O–H groups in total. The molecule has 0 aliphatic heterocycles. The van der Waals surface area contributed by atoms with Crippen molar-refractivity contribution in [1.82, 2.24) is 0 Å². The third-order valence-electron chi connectivity index (χ3n) is 2.58. The predicted molar refractivity (Wildman–Crippen MR) is 59.1 cm³/mol. The van der Waals surface area contributed by atoms with E-state index in [4.69, 9.17) is 0 Å². The molecule has 1 atom stereocenters. The van der Waals surface area contributed by atoms with Crippen molar-refractivity contribution >= 4 is 0 Å². The van der Waals surface area contributed by atoms with Crippen LogP contribution in [0.5, 0.6) is 0 Å². The quantitative estimate of drug-likeness (QED) is 0.323. The number of nitrogens with zero attached hydrogens (tertiary/aromatic N) is 1. The second-order valence-electron chi connectivity index (χ2n) is 3.93. The van der Waals surface area contributed by atoms with E-state index in [9.17, 15) is 10.1 Å². The molecular formula is C11H23NO2. The molecule has 0 aliphatic carbocycles. The minimum Gasteiger partial charge on any atom is -0.264 e. The minimum absolute atomic E-state index is 0.0956. The van der Waals surface area contributed by atoms with Crippen LogP contribution in [0.2, 0.25) is 0 Å². The van der Waals surface area contributed by atoms with Gasteiger partial charge in [-0.1, -0.05) is 39.5 Å². The van der Waals surface area contributed by atoms with Crippen molar-refractivity contribution in [2.24, 2.45) is 0 Å². The van der Waals surface area contributed by atoms with E-state index >= 15 is 0 Å². The molecular weight excluding hydrogens is 178 g/mol. The van der Waals surface area contributed by atoms with Crippen molar-refractivity contribution in [2.45, 2.75) is 71.3 Å². The highest BCUT2D eigenvalue weighted by molar-refractivity contribution is 4.57. The van der Waals surface area contributed by atoms with Crippen LogP contribution < -0.4 is 0 Å². The highest BCUT2D eigenvalue weighted by atomic mass is 16.6. The van der Waals surface area contributed by atoms with Gasteiger partial charge >= 0.3 is 0 Å². The van der Waals surface area contributed by atoms with E-state index in [1.807, 2.05) is 0 Å².